The molecular weight excluding hydrogens is 282 g/mol. The van der Waals surface area contributed by atoms with E-state index in [0.29, 0.717) is 24.7 Å². The first-order chi connectivity index (χ1) is 9.45. The van der Waals surface area contributed by atoms with Crippen molar-refractivity contribution in [1.82, 2.24) is 19.6 Å². The average Bonchev–Trinajstić information content (AvgIpc) is 2.67. The van der Waals surface area contributed by atoms with Gasteiger partial charge in [-0.3, -0.25) is 14.3 Å². The van der Waals surface area contributed by atoms with Gasteiger partial charge >= 0.3 is 0 Å². The molecule has 7 nitrogen and oxygen atoms in total. The molecule has 2 rings (SSSR count). The van der Waals surface area contributed by atoms with Gasteiger partial charge in [-0.1, -0.05) is 11.6 Å². The molecule has 110 valence electrons. The van der Waals surface area contributed by atoms with Crippen LogP contribution in [0.15, 0.2) is 12.4 Å². The van der Waals surface area contributed by atoms with Crippen LogP contribution in [0.3, 0.4) is 0 Å². The molecule has 1 aliphatic rings. The number of carbonyl (C=O) groups excluding carboxylic acids is 2. The third-order valence-electron chi connectivity index (χ3n) is 3.38. The van der Waals surface area contributed by atoms with Crippen LogP contribution in [-0.2, 0) is 16.1 Å². The van der Waals surface area contributed by atoms with Crippen LogP contribution in [0.25, 0.3) is 0 Å². The van der Waals surface area contributed by atoms with E-state index in [2.05, 4.69) is 5.10 Å². The van der Waals surface area contributed by atoms with E-state index < -0.39 is 0 Å². The van der Waals surface area contributed by atoms with Gasteiger partial charge in [-0.25, -0.2) is 0 Å². The Morgan fingerprint density at radius 1 is 1.45 bits per heavy atom. The van der Waals surface area contributed by atoms with Crippen molar-refractivity contribution in [1.29, 1.82) is 0 Å². The summed E-state index contributed by atoms with van der Waals surface area (Å²) < 4.78 is 1.48. The molecule has 8 heteroatoms. The first-order valence-electron chi connectivity index (χ1n) is 6.39. The molecule has 1 atom stereocenters. The number of nitrogens with two attached hydrogens (primary N) is 1. The van der Waals surface area contributed by atoms with Crippen LogP contribution in [0.2, 0.25) is 5.02 Å². The Hall–Kier alpha value is -1.60. The van der Waals surface area contributed by atoms with Crippen LogP contribution in [-0.4, -0.2) is 64.6 Å². The van der Waals surface area contributed by atoms with Crippen molar-refractivity contribution in [2.45, 2.75) is 6.54 Å². The zero-order chi connectivity index (χ0) is 14.7. The van der Waals surface area contributed by atoms with Crippen molar-refractivity contribution in [3.05, 3.63) is 17.4 Å². The number of likely N-dealkylation sites (N-methyl/N-ethyl adjacent to an activating group) is 1. The zero-order valence-corrected chi connectivity index (χ0v) is 12.1. The monoisotopic (exact) mass is 299 g/mol. The molecule has 1 aromatic heterocycles. The van der Waals surface area contributed by atoms with Gasteiger partial charge in [0.2, 0.25) is 11.8 Å². The minimum absolute atomic E-state index is 0.0914. The summed E-state index contributed by atoms with van der Waals surface area (Å²) in [4.78, 5) is 27.3. The fourth-order valence-electron chi connectivity index (χ4n) is 2.24. The van der Waals surface area contributed by atoms with E-state index in [9.17, 15) is 9.59 Å². The van der Waals surface area contributed by atoms with Gasteiger partial charge in [0.1, 0.15) is 6.54 Å². The molecule has 0 saturated carbocycles. The summed E-state index contributed by atoms with van der Waals surface area (Å²) >= 11 is 5.76. The third kappa shape index (κ3) is 3.71. The molecular formula is C12H18ClN5O2. The molecule has 1 aromatic rings. The fraction of sp³-hybridized carbons (Fsp3) is 0.583. The van der Waals surface area contributed by atoms with Crippen LogP contribution in [0.4, 0.5) is 0 Å². The number of primary amides is 1. The standard InChI is InChI=1S/C12H18ClN5O2/c1-16-2-3-17(6-9(5-16)12(14)20)11(19)8-18-7-10(13)4-15-18/h4,7,9H,2-3,5-6,8H2,1H3,(H2,14,20)/t9-/m0/s1. The first-order valence-corrected chi connectivity index (χ1v) is 6.77. The largest absolute Gasteiger partial charge is 0.369 e. The van der Waals surface area contributed by atoms with Gasteiger partial charge in [-0.2, -0.15) is 5.10 Å². The predicted molar refractivity (Wildman–Crippen MR) is 74.0 cm³/mol. The molecule has 2 N–H and O–H groups in total. The first kappa shape index (κ1) is 14.8. The van der Waals surface area contributed by atoms with Crippen LogP contribution in [0.5, 0.6) is 0 Å². The van der Waals surface area contributed by atoms with Crippen molar-refractivity contribution < 1.29 is 9.59 Å². The van der Waals surface area contributed by atoms with Crippen LogP contribution < -0.4 is 5.73 Å². The number of rotatable bonds is 3. The number of hydrogen-bond acceptors (Lipinski definition) is 4. The lowest BCUT2D eigenvalue weighted by molar-refractivity contribution is -0.133. The molecule has 0 aromatic carbocycles. The van der Waals surface area contributed by atoms with Crippen molar-refractivity contribution in [3.63, 3.8) is 0 Å². The number of hydrogen-bond donors (Lipinski definition) is 1. The lowest BCUT2D eigenvalue weighted by Crippen LogP contribution is -2.41. The van der Waals surface area contributed by atoms with E-state index >= 15 is 0 Å². The highest BCUT2D eigenvalue weighted by Crippen LogP contribution is 2.10. The summed E-state index contributed by atoms with van der Waals surface area (Å²) in [6.45, 7) is 2.34. The third-order valence-corrected chi connectivity index (χ3v) is 3.57. The molecule has 0 unspecified atom stereocenters. The summed E-state index contributed by atoms with van der Waals surface area (Å²) in [5.74, 6) is -0.808. The van der Waals surface area contributed by atoms with Gasteiger partial charge in [0.15, 0.2) is 0 Å². The molecule has 1 saturated heterocycles. The molecule has 0 bridgehead atoms. The van der Waals surface area contributed by atoms with Gasteiger partial charge in [0.05, 0.1) is 17.1 Å². The topological polar surface area (TPSA) is 84.5 Å². The van der Waals surface area contributed by atoms with Crippen LogP contribution in [0.1, 0.15) is 0 Å². The van der Waals surface area contributed by atoms with E-state index in [0.717, 1.165) is 6.54 Å². The minimum Gasteiger partial charge on any atom is -0.369 e. The quantitative estimate of drug-likeness (QED) is 0.809. The Kier molecular flexibility index (Phi) is 4.61. The van der Waals surface area contributed by atoms with Gasteiger partial charge < -0.3 is 15.5 Å². The maximum atomic E-state index is 12.3. The number of nitrogens with zero attached hydrogens (tertiary/aromatic N) is 4. The lowest BCUT2D eigenvalue weighted by Gasteiger charge is -2.22. The second-order valence-electron chi connectivity index (χ2n) is 5.06. The fourth-order valence-corrected chi connectivity index (χ4v) is 2.40. The highest BCUT2D eigenvalue weighted by Gasteiger charge is 2.27. The molecule has 0 aliphatic carbocycles. The highest BCUT2D eigenvalue weighted by molar-refractivity contribution is 6.30. The normalized spacial score (nSPS) is 20.7. The van der Waals surface area contributed by atoms with Gasteiger partial charge in [-0.05, 0) is 7.05 Å². The van der Waals surface area contributed by atoms with E-state index in [1.54, 1.807) is 11.1 Å². The molecule has 2 amide bonds. The Bertz CT molecular complexity index is 504. The summed E-state index contributed by atoms with van der Waals surface area (Å²) in [5, 5.41) is 4.47. The summed E-state index contributed by atoms with van der Waals surface area (Å²) in [7, 11) is 1.91. The number of carbonyl (C=O) groups is 2. The van der Waals surface area contributed by atoms with Gasteiger partial charge in [0, 0.05) is 32.4 Å². The van der Waals surface area contributed by atoms with E-state index in [1.807, 2.05) is 11.9 Å². The van der Waals surface area contributed by atoms with Crippen molar-refractivity contribution in [2.24, 2.45) is 11.7 Å². The van der Waals surface area contributed by atoms with Crippen LogP contribution in [0, 0.1) is 5.92 Å². The van der Waals surface area contributed by atoms with E-state index in [-0.39, 0.29) is 24.3 Å². The minimum atomic E-state index is -0.376. The van der Waals surface area contributed by atoms with Crippen molar-refractivity contribution in [3.8, 4) is 0 Å². The second kappa shape index (κ2) is 6.23. The van der Waals surface area contributed by atoms with Gasteiger partial charge in [0.25, 0.3) is 0 Å². The second-order valence-corrected chi connectivity index (χ2v) is 5.49. The summed E-state index contributed by atoms with van der Waals surface area (Å²) in [6.07, 6.45) is 3.08. The molecule has 20 heavy (non-hydrogen) atoms. The molecule has 1 fully saturated rings. The number of amides is 2. The zero-order valence-electron chi connectivity index (χ0n) is 11.3. The van der Waals surface area contributed by atoms with E-state index in [1.165, 1.54) is 10.9 Å². The van der Waals surface area contributed by atoms with Crippen molar-refractivity contribution in [2.75, 3.05) is 33.2 Å². The molecule has 0 spiro atoms. The lowest BCUT2D eigenvalue weighted by atomic mass is 10.1. The Balaban J connectivity index is 2.02. The van der Waals surface area contributed by atoms with Crippen LogP contribution >= 0.6 is 11.6 Å². The number of halogens is 1. The number of aromatic nitrogens is 2. The Morgan fingerprint density at radius 3 is 2.80 bits per heavy atom. The molecule has 2 heterocycles. The Morgan fingerprint density at radius 2 is 2.20 bits per heavy atom. The maximum Gasteiger partial charge on any atom is 0.244 e. The molecule has 1 aliphatic heterocycles. The smallest absolute Gasteiger partial charge is 0.244 e. The van der Waals surface area contributed by atoms with Gasteiger partial charge in [-0.15, -0.1) is 0 Å². The predicted octanol–water partition coefficient (Wildman–Crippen LogP) is -0.588. The SMILES string of the molecule is CN1CCN(C(=O)Cn2cc(Cl)cn2)C[C@@H](C(N)=O)C1. The average molecular weight is 300 g/mol. The highest BCUT2D eigenvalue weighted by atomic mass is 35.5. The summed E-state index contributed by atoms with van der Waals surface area (Å²) in [6, 6.07) is 0. The molecule has 0 radical (unpaired) electrons. The van der Waals surface area contributed by atoms with Crippen molar-refractivity contribution >= 4 is 23.4 Å². The Labute approximate surface area is 122 Å². The summed E-state index contributed by atoms with van der Waals surface area (Å²) in [5.41, 5.74) is 5.38. The maximum absolute atomic E-state index is 12.3. The van der Waals surface area contributed by atoms with E-state index in [4.69, 9.17) is 17.3 Å².